The van der Waals surface area contributed by atoms with Gasteiger partial charge in [-0.1, -0.05) is 29.8 Å². The molecule has 0 amide bonds. The van der Waals surface area contributed by atoms with Crippen LogP contribution in [0.5, 0.6) is 0 Å². The maximum Gasteiger partial charge on any atom is 0.310 e. The van der Waals surface area contributed by atoms with Gasteiger partial charge in [-0.3, -0.25) is 4.79 Å². The van der Waals surface area contributed by atoms with E-state index >= 15 is 0 Å². The fourth-order valence-electron chi connectivity index (χ4n) is 7.09. The Morgan fingerprint density at radius 3 is 2.89 bits per heavy atom. The van der Waals surface area contributed by atoms with Crippen molar-refractivity contribution in [2.75, 3.05) is 26.1 Å². The third-order valence-corrected chi connectivity index (χ3v) is 7.94. The van der Waals surface area contributed by atoms with Crippen molar-refractivity contribution in [2.24, 2.45) is 11.8 Å². The summed E-state index contributed by atoms with van der Waals surface area (Å²) < 4.78 is 18.4. The topological polar surface area (TPSA) is 60.0 Å². The Bertz CT molecular complexity index is 900. The zero-order valence-corrected chi connectivity index (χ0v) is 15.8. The summed E-state index contributed by atoms with van der Waals surface area (Å²) in [5.74, 6) is -0.352. The van der Waals surface area contributed by atoms with E-state index in [2.05, 4.69) is 35.3 Å². The van der Waals surface area contributed by atoms with Crippen LogP contribution in [-0.4, -0.2) is 49.3 Å². The number of carbonyl (C=O) groups excluding carboxylic acids is 1. The Balaban J connectivity index is 1.70. The minimum absolute atomic E-state index is 0.0748. The van der Waals surface area contributed by atoms with Crippen molar-refractivity contribution < 1.29 is 19.0 Å². The second-order valence-electron chi connectivity index (χ2n) is 8.39. The molecule has 4 bridgehead atoms. The number of methoxy groups -OCH3 is 2. The maximum atomic E-state index is 13.2. The summed E-state index contributed by atoms with van der Waals surface area (Å²) in [6, 6.07) is 8.29. The zero-order chi connectivity index (χ0) is 18.6. The number of anilines is 1. The molecule has 0 aromatic heterocycles. The molecule has 1 aliphatic carbocycles. The SMILES string of the molecule is C/C=C1/CN2[C@@H]3C[C@@]45c6ccccc6NC4(O3)[C@]2(OC)C[C@@H]1[C@H]5C(=O)OC. The first kappa shape index (κ1) is 16.1. The molecule has 1 saturated carbocycles. The molecule has 4 fully saturated rings. The lowest BCUT2D eigenvalue weighted by molar-refractivity contribution is -0.251. The van der Waals surface area contributed by atoms with Crippen molar-refractivity contribution >= 4 is 11.7 Å². The first-order valence-corrected chi connectivity index (χ1v) is 9.69. The molecule has 1 unspecified atom stereocenters. The summed E-state index contributed by atoms with van der Waals surface area (Å²) in [6.07, 6.45) is 3.59. The van der Waals surface area contributed by atoms with E-state index in [1.165, 1.54) is 12.7 Å². The van der Waals surface area contributed by atoms with Crippen LogP contribution in [-0.2, 0) is 24.4 Å². The third-order valence-electron chi connectivity index (χ3n) is 7.94. The van der Waals surface area contributed by atoms with Crippen LogP contribution >= 0.6 is 0 Å². The van der Waals surface area contributed by atoms with Crippen LogP contribution < -0.4 is 5.32 Å². The monoisotopic (exact) mass is 368 g/mol. The molecule has 4 heterocycles. The summed E-state index contributed by atoms with van der Waals surface area (Å²) in [4.78, 5) is 15.6. The highest BCUT2D eigenvalue weighted by atomic mass is 16.6. The van der Waals surface area contributed by atoms with Crippen LogP contribution in [0.3, 0.4) is 0 Å². The molecule has 142 valence electrons. The van der Waals surface area contributed by atoms with Crippen LogP contribution in [0.2, 0.25) is 0 Å². The largest absolute Gasteiger partial charge is 0.469 e. The van der Waals surface area contributed by atoms with E-state index in [0.717, 1.165) is 30.6 Å². The lowest BCUT2D eigenvalue weighted by Gasteiger charge is -2.64. The Kier molecular flexibility index (Phi) is 2.83. The summed E-state index contributed by atoms with van der Waals surface area (Å²) in [6.45, 7) is 2.83. The number of allylic oxidation sites excluding steroid dienone is 1. The predicted molar refractivity (Wildman–Crippen MR) is 97.8 cm³/mol. The second kappa shape index (κ2) is 4.74. The van der Waals surface area contributed by atoms with Crippen molar-refractivity contribution in [2.45, 2.75) is 42.9 Å². The average Bonchev–Trinajstić information content (AvgIpc) is 3.27. The van der Waals surface area contributed by atoms with Gasteiger partial charge in [0.15, 0.2) is 11.4 Å². The number of piperidine rings is 2. The number of fused-ring (bicyclic) bond motifs is 4. The first-order valence-electron chi connectivity index (χ1n) is 9.69. The molecule has 1 aromatic rings. The number of esters is 1. The Morgan fingerprint density at radius 2 is 2.15 bits per heavy atom. The summed E-state index contributed by atoms with van der Waals surface area (Å²) in [5, 5.41) is 3.70. The fourth-order valence-corrected chi connectivity index (χ4v) is 7.09. The summed E-state index contributed by atoms with van der Waals surface area (Å²) in [7, 11) is 3.27. The highest BCUT2D eigenvalue weighted by Gasteiger charge is 2.88. The molecule has 4 aliphatic heterocycles. The maximum absolute atomic E-state index is 13.2. The molecule has 6 heteroatoms. The van der Waals surface area contributed by atoms with E-state index in [1.807, 2.05) is 12.1 Å². The molecule has 6 atom stereocenters. The number of nitrogens with zero attached hydrogens (tertiary/aromatic N) is 1. The molecule has 5 aliphatic rings. The molecule has 6 rings (SSSR count). The molecule has 1 aromatic carbocycles. The van der Waals surface area contributed by atoms with E-state index in [9.17, 15) is 4.79 Å². The highest BCUT2D eigenvalue weighted by Crippen LogP contribution is 2.75. The lowest BCUT2D eigenvalue weighted by Crippen LogP contribution is -2.80. The van der Waals surface area contributed by atoms with Gasteiger partial charge in [0, 0.05) is 32.2 Å². The van der Waals surface area contributed by atoms with E-state index in [1.54, 1.807) is 7.11 Å². The fraction of sp³-hybridized carbons (Fsp3) is 0.571. The standard InChI is InChI=1S/C21H24N2O4/c1-4-12-11-23-16-10-19-14-7-5-6-8-15(14)22-21(19,27-16)20(23,26-3)9-13(12)17(19)18(24)25-2/h4-8,13,16-17,22H,9-11H2,1-3H3/b12-4-/t13-,16-,17-,19-,20+,21?/m0/s1. The zero-order valence-electron chi connectivity index (χ0n) is 15.8. The van der Waals surface area contributed by atoms with Crippen LogP contribution in [0, 0.1) is 11.8 Å². The van der Waals surface area contributed by atoms with Crippen LogP contribution in [0.4, 0.5) is 5.69 Å². The number of carbonyl (C=O) groups is 1. The number of ether oxygens (including phenoxy) is 3. The van der Waals surface area contributed by atoms with Gasteiger partial charge in [0.2, 0.25) is 0 Å². The Morgan fingerprint density at radius 1 is 1.33 bits per heavy atom. The Labute approximate surface area is 158 Å². The minimum Gasteiger partial charge on any atom is -0.469 e. The molecule has 27 heavy (non-hydrogen) atoms. The highest BCUT2D eigenvalue weighted by molar-refractivity contribution is 5.81. The third kappa shape index (κ3) is 1.39. The normalized spacial score (nSPS) is 47.1. The van der Waals surface area contributed by atoms with E-state index in [4.69, 9.17) is 14.2 Å². The molecule has 3 saturated heterocycles. The minimum atomic E-state index is -0.766. The van der Waals surface area contributed by atoms with E-state index in [0.29, 0.717) is 0 Å². The van der Waals surface area contributed by atoms with Gasteiger partial charge in [0.25, 0.3) is 0 Å². The quantitative estimate of drug-likeness (QED) is 0.638. The van der Waals surface area contributed by atoms with E-state index < -0.39 is 16.9 Å². The van der Waals surface area contributed by atoms with Crippen molar-refractivity contribution in [3.05, 3.63) is 41.5 Å². The van der Waals surface area contributed by atoms with Crippen molar-refractivity contribution in [3.8, 4) is 0 Å². The average molecular weight is 368 g/mol. The number of hydrogen-bond acceptors (Lipinski definition) is 6. The molecule has 1 N–H and O–H groups in total. The van der Waals surface area contributed by atoms with Gasteiger partial charge in [-0.2, -0.15) is 0 Å². The van der Waals surface area contributed by atoms with Crippen LogP contribution in [0.25, 0.3) is 0 Å². The summed E-state index contributed by atoms with van der Waals surface area (Å²) in [5.41, 5.74) is 1.63. The van der Waals surface area contributed by atoms with Gasteiger partial charge in [0.05, 0.1) is 18.4 Å². The number of benzene rings is 1. The van der Waals surface area contributed by atoms with Gasteiger partial charge in [-0.15, -0.1) is 0 Å². The molecular formula is C21H24N2O4. The van der Waals surface area contributed by atoms with Gasteiger partial charge in [-0.05, 0) is 24.5 Å². The van der Waals surface area contributed by atoms with Crippen molar-refractivity contribution in [1.82, 2.24) is 4.90 Å². The molecule has 6 nitrogen and oxygen atoms in total. The summed E-state index contributed by atoms with van der Waals surface area (Å²) >= 11 is 0. The number of hydrogen-bond donors (Lipinski definition) is 1. The van der Waals surface area contributed by atoms with E-state index in [-0.39, 0.29) is 24.0 Å². The van der Waals surface area contributed by atoms with Gasteiger partial charge in [0.1, 0.15) is 6.23 Å². The molecule has 1 spiro atoms. The van der Waals surface area contributed by atoms with Crippen LogP contribution in [0.1, 0.15) is 25.3 Å². The van der Waals surface area contributed by atoms with Gasteiger partial charge in [-0.25, -0.2) is 4.90 Å². The molecular weight excluding hydrogens is 344 g/mol. The Hall–Kier alpha value is -1.89. The lowest BCUT2D eigenvalue weighted by atomic mass is 9.48. The number of para-hydroxylation sites is 1. The number of rotatable bonds is 2. The van der Waals surface area contributed by atoms with Crippen molar-refractivity contribution in [1.29, 1.82) is 0 Å². The van der Waals surface area contributed by atoms with Crippen molar-refractivity contribution in [3.63, 3.8) is 0 Å². The molecule has 0 radical (unpaired) electrons. The smallest absolute Gasteiger partial charge is 0.310 e. The van der Waals surface area contributed by atoms with Gasteiger partial charge < -0.3 is 19.5 Å². The first-order chi connectivity index (χ1) is 13.1. The second-order valence-corrected chi connectivity index (χ2v) is 8.39. The number of nitrogens with one attached hydrogen (secondary N) is 1. The van der Waals surface area contributed by atoms with Gasteiger partial charge >= 0.3 is 5.97 Å². The predicted octanol–water partition coefficient (Wildman–Crippen LogP) is 2.22. The van der Waals surface area contributed by atoms with Crippen LogP contribution in [0.15, 0.2) is 35.9 Å².